The first-order valence-corrected chi connectivity index (χ1v) is 6.94. The average Bonchev–Trinajstić information content (AvgIpc) is 2.76. The Hall–Kier alpha value is -0.740. The van der Waals surface area contributed by atoms with Crippen molar-refractivity contribution in [2.24, 2.45) is 0 Å². The van der Waals surface area contributed by atoms with Gasteiger partial charge in [-0.2, -0.15) is 0 Å². The summed E-state index contributed by atoms with van der Waals surface area (Å²) in [5.41, 5.74) is 6.48. The van der Waals surface area contributed by atoms with Gasteiger partial charge in [-0.1, -0.05) is 15.9 Å². The van der Waals surface area contributed by atoms with Crippen LogP contribution < -0.4 is 10.5 Å². The van der Waals surface area contributed by atoms with E-state index in [2.05, 4.69) is 20.8 Å². The number of benzene rings is 1. The Balaban J connectivity index is 1.70. The average molecular weight is 299 g/mol. The molecule has 0 aliphatic carbocycles. The van der Waals surface area contributed by atoms with Gasteiger partial charge in [-0.05, 0) is 44.5 Å². The Bertz CT molecular complexity index is 344. The number of hydrogen-bond acceptors (Lipinski definition) is 3. The standard InChI is InChI=1S/C13H19BrN2O/c14-11-8-12(15)10-13(9-11)17-7-3-6-16-4-1-2-5-16/h8-10H,1-7,15H2. The molecule has 0 radical (unpaired) electrons. The number of anilines is 1. The van der Waals surface area contributed by atoms with Crippen molar-refractivity contribution in [2.45, 2.75) is 19.3 Å². The van der Waals surface area contributed by atoms with E-state index in [0.29, 0.717) is 0 Å². The second-order valence-electron chi connectivity index (χ2n) is 4.47. The fourth-order valence-corrected chi connectivity index (χ4v) is 2.64. The molecule has 0 saturated carbocycles. The SMILES string of the molecule is Nc1cc(Br)cc(OCCCN2CCCC2)c1. The summed E-state index contributed by atoms with van der Waals surface area (Å²) in [6.07, 6.45) is 3.78. The molecule has 0 bridgehead atoms. The van der Waals surface area contributed by atoms with Crippen LogP contribution in [-0.4, -0.2) is 31.1 Å². The Morgan fingerprint density at radius 2 is 2.00 bits per heavy atom. The van der Waals surface area contributed by atoms with E-state index in [0.717, 1.165) is 35.5 Å². The normalized spacial score (nSPS) is 16.3. The zero-order valence-electron chi connectivity index (χ0n) is 9.99. The van der Waals surface area contributed by atoms with E-state index in [1.807, 2.05) is 18.2 Å². The van der Waals surface area contributed by atoms with Crippen LogP contribution in [0.15, 0.2) is 22.7 Å². The van der Waals surface area contributed by atoms with Gasteiger partial charge in [0.2, 0.25) is 0 Å². The van der Waals surface area contributed by atoms with Gasteiger partial charge in [0.15, 0.2) is 0 Å². The minimum atomic E-state index is 0.730. The zero-order chi connectivity index (χ0) is 12.1. The number of nitrogens with zero attached hydrogens (tertiary/aromatic N) is 1. The van der Waals surface area contributed by atoms with Crippen molar-refractivity contribution in [3.8, 4) is 5.75 Å². The molecule has 2 N–H and O–H groups in total. The number of hydrogen-bond donors (Lipinski definition) is 1. The van der Waals surface area contributed by atoms with Crippen molar-refractivity contribution in [1.82, 2.24) is 4.90 Å². The molecule has 1 aliphatic rings. The molecule has 0 unspecified atom stereocenters. The Labute approximate surface area is 111 Å². The lowest BCUT2D eigenvalue weighted by Gasteiger charge is -2.14. The summed E-state index contributed by atoms with van der Waals surface area (Å²) in [4.78, 5) is 2.50. The molecule has 17 heavy (non-hydrogen) atoms. The number of nitrogens with two attached hydrogens (primary N) is 1. The summed E-state index contributed by atoms with van der Waals surface area (Å²) >= 11 is 3.41. The van der Waals surface area contributed by atoms with Crippen LogP contribution in [0, 0.1) is 0 Å². The Kier molecular flexibility index (Phi) is 4.68. The third kappa shape index (κ3) is 4.21. The predicted octanol–water partition coefficient (Wildman–Crippen LogP) is 2.90. The summed E-state index contributed by atoms with van der Waals surface area (Å²) in [7, 11) is 0. The van der Waals surface area contributed by atoms with Crippen molar-refractivity contribution in [1.29, 1.82) is 0 Å². The topological polar surface area (TPSA) is 38.5 Å². The minimum Gasteiger partial charge on any atom is -0.493 e. The summed E-state index contributed by atoms with van der Waals surface area (Å²) in [5, 5.41) is 0. The van der Waals surface area contributed by atoms with Crippen LogP contribution >= 0.6 is 15.9 Å². The van der Waals surface area contributed by atoms with Crippen LogP contribution in [0.3, 0.4) is 0 Å². The molecular weight excluding hydrogens is 280 g/mol. The second-order valence-corrected chi connectivity index (χ2v) is 5.39. The van der Waals surface area contributed by atoms with Gasteiger partial charge in [-0.15, -0.1) is 0 Å². The maximum atomic E-state index is 5.74. The van der Waals surface area contributed by atoms with Crippen LogP contribution in [0.2, 0.25) is 0 Å². The molecule has 1 aromatic carbocycles. The summed E-state index contributed by atoms with van der Waals surface area (Å²) < 4.78 is 6.66. The first-order chi connectivity index (χ1) is 8.24. The van der Waals surface area contributed by atoms with E-state index in [1.165, 1.54) is 25.9 Å². The molecular formula is C13H19BrN2O. The Morgan fingerprint density at radius 3 is 2.71 bits per heavy atom. The van der Waals surface area contributed by atoms with Gasteiger partial charge >= 0.3 is 0 Å². The van der Waals surface area contributed by atoms with Crippen molar-refractivity contribution in [3.63, 3.8) is 0 Å². The molecule has 0 spiro atoms. The van der Waals surface area contributed by atoms with Gasteiger partial charge in [0.1, 0.15) is 5.75 Å². The van der Waals surface area contributed by atoms with Crippen LogP contribution in [-0.2, 0) is 0 Å². The van der Waals surface area contributed by atoms with Crippen molar-refractivity contribution >= 4 is 21.6 Å². The van der Waals surface area contributed by atoms with Crippen molar-refractivity contribution in [2.75, 3.05) is 32.0 Å². The summed E-state index contributed by atoms with van der Waals surface area (Å²) in [6.45, 7) is 4.41. The van der Waals surface area contributed by atoms with Gasteiger partial charge in [0.25, 0.3) is 0 Å². The van der Waals surface area contributed by atoms with Crippen LogP contribution in [0.25, 0.3) is 0 Å². The number of nitrogen functional groups attached to an aromatic ring is 1. The van der Waals surface area contributed by atoms with Crippen LogP contribution in [0.5, 0.6) is 5.75 Å². The fourth-order valence-electron chi connectivity index (χ4n) is 2.15. The highest BCUT2D eigenvalue weighted by Crippen LogP contribution is 2.22. The second kappa shape index (κ2) is 6.26. The van der Waals surface area contributed by atoms with Crippen molar-refractivity contribution in [3.05, 3.63) is 22.7 Å². The number of rotatable bonds is 5. The van der Waals surface area contributed by atoms with E-state index in [-0.39, 0.29) is 0 Å². The van der Waals surface area contributed by atoms with E-state index < -0.39 is 0 Å². The largest absolute Gasteiger partial charge is 0.493 e. The first-order valence-electron chi connectivity index (χ1n) is 6.15. The number of ether oxygens (including phenoxy) is 1. The highest BCUT2D eigenvalue weighted by molar-refractivity contribution is 9.10. The van der Waals surface area contributed by atoms with E-state index in [4.69, 9.17) is 10.5 Å². The first kappa shape index (κ1) is 12.7. The molecule has 4 heteroatoms. The van der Waals surface area contributed by atoms with Crippen LogP contribution in [0.1, 0.15) is 19.3 Å². The number of halogens is 1. The van der Waals surface area contributed by atoms with Gasteiger partial charge in [0.05, 0.1) is 6.61 Å². The highest BCUT2D eigenvalue weighted by atomic mass is 79.9. The van der Waals surface area contributed by atoms with Crippen LogP contribution in [0.4, 0.5) is 5.69 Å². The van der Waals surface area contributed by atoms with Gasteiger partial charge in [0, 0.05) is 22.8 Å². The molecule has 94 valence electrons. The molecule has 0 amide bonds. The van der Waals surface area contributed by atoms with Crippen molar-refractivity contribution < 1.29 is 4.74 Å². The molecule has 2 rings (SSSR count). The lowest BCUT2D eigenvalue weighted by molar-refractivity contribution is 0.263. The molecule has 3 nitrogen and oxygen atoms in total. The van der Waals surface area contributed by atoms with E-state index >= 15 is 0 Å². The predicted molar refractivity (Wildman–Crippen MR) is 74.3 cm³/mol. The van der Waals surface area contributed by atoms with Gasteiger partial charge < -0.3 is 15.4 Å². The monoisotopic (exact) mass is 298 g/mol. The summed E-state index contributed by atoms with van der Waals surface area (Å²) in [6, 6.07) is 5.68. The third-order valence-electron chi connectivity index (χ3n) is 2.98. The molecule has 1 saturated heterocycles. The summed E-state index contributed by atoms with van der Waals surface area (Å²) in [5.74, 6) is 0.846. The van der Waals surface area contributed by atoms with Gasteiger partial charge in [-0.3, -0.25) is 0 Å². The van der Waals surface area contributed by atoms with E-state index in [1.54, 1.807) is 0 Å². The molecule has 1 heterocycles. The highest BCUT2D eigenvalue weighted by Gasteiger charge is 2.10. The fraction of sp³-hybridized carbons (Fsp3) is 0.538. The van der Waals surface area contributed by atoms with E-state index in [9.17, 15) is 0 Å². The van der Waals surface area contributed by atoms with Gasteiger partial charge in [-0.25, -0.2) is 0 Å². The smallest absolute Gasteiger partial charge is 0.122 e. The molecule has 0 atom stereocenters. The molecule has 0 aromatic heterocycles. The maximum Gasteiger partial charge on any atom is 0.122 e. The lowest BCUT2D eigenvalue weighted by Crippen LogP contribution is -2.21. The Morgan fingerprint density at radius 1 is 1.24 bits per heavy atom. The minimum absolute atomic E-state index is 0.730. The number of likely N-dealkylation sites (tertiary alicyclic amines) is 1. The zero-order valence-corrected chi connectivity index (χ0v) is 11.6. The maximum absolute atomic E-state index is 5.74. The lowest BCUT2D eigenvalue weighted by atomic mass is 10.3. The third-order valence-corrected chi connectivity index (χ3v) is 3.44. The molecule has 1 aliphatic heterocycles. The molecule has 1 aromatic rings. The molecule has 1 fully saturated rings. The quantitative estimate of drug-likeness (QED) is 0.671.